The molecule has 3 atom stereocenters. The highest BCUT2D eigenvalue weighted by molar-refractivity contribution is 7.92. The van der Waals surface area contributed by atoms with Gasteiger partial charge in [-0.3, -0.25) is 14.5 Å². The number of hydrogen-bond acceptors (Lipinski definition) is 7. The lowest BCUT2D eigenvalue weighted by atomic mass is 9.58. The van der Waals surface area contributed by atoms with E-state index in [1.165, 1.54) is 0 Å². The predicted octanol–water partition coefficient (Wildman–Crippen LogP) is 3.55. The number of benzene rings is 1. The lowest BCUT2D eigenvalue weighted by Crippen LogP contribution is -2.46. The molecule has 0 saturated carbocycles. The number of pyridine rings is 1. The van der Waals surface area contributed by atoms with E-state index in [0.717, 1.165) is 22.7 Å². The van der Waals surface area contributed by atoms with E-state index < -0.39 is 15.4 Å². The number of allylic oxidation sites excluding steroid dienone is 2. The normalized spacial score (nSPS) is 24.1. The molecule has 2 aliphatic carbocycles. The first-order chi connectivity index (χ1) is 16.1. The Kier molecular flexibility index (Phi) is 5.02. The number of nitrogens with zero attached hydrogens (tertiary/aromatic N) is 4. The summed E-state index contributed by atoms with van der Waals surface area (Å²) in [6.07, 6.45) is 5.65. The molecule has 0 saturated heterocycles. The Morgan fingerprint density at radius 3 is 2.71 bits per heavy atom. The molecule has 0 spiro atoms. The summed E-state index contributed by atoms with van der Waals surface area (Å²) in [6, 6.07) is 11.5. The van der Waals surface area contributed by atoms with Gasteiger partial charge in [0.05, 0.1) is 23.0 Å². The summed E-state index contributed by atoms with van der Waals surface area (Å²) in [7, 11) is -3.61. The molecule has 172 valence electrons. The molecule has 2 aliphatic rings. The standard InChI is InChI=1S/C25H23N5O3S/c1-14-19-9-8-18-22(25(19,2)12-15(13-26)21(14)31)28-23(29-24(18)30-34(3,32)33)17-10-11-27-20-7-5-4-6-16(17)20/h4-7,10-12,14,19H,8-9H2,1-3H3,(H,28,29,30)/t14-,19-,25-/m1/s1. The summed E-state index contributed by atoms with van der Waals surface area (Å²) in [5.74, 6) is 0.0376. The second kappa shape index (κ2) is 7.71. The lowest BCUT2D eigenvalue weighted by molar-refractivity contribution is -0.121. The molecule has 34 heavy (non-hydrogen) atoms. The van der Waals surface area contributed by atoms with Gasteiger partial charge in [-0.1, -0.05) is 38.1 Å². The van der Waals surface area contributed by atoms with Gasteiger partial charge in [-0.2, -0.15) is 5.26 Å². The Morgan fingerprint density at radius 2 is 1.97 bits per heavy atom. The van der Waals surface area contributed by atoms with Crippen LogP contribution < -0.4 is 4.72 Å². The van der Waals surface area contributed by atoms with E-state index in [1.54, 1.807) is 18.3 Å². The Balaban J connectivity index is 1.82. The van der Waals surface area contributed by atoms with Gasteiger partial charge in [0.2, 0.25) is 10.0 Å². The van der Waals surface area contributed by atoms with E-state index in [1.807, 2.05) is 44.2 Å². The smallest absolute Gasteiger partial charge is 0.230 e. The number of anilines is 1. The number of Topliss-reactive ketones (excluding diaryl/α,β-unsaturated/α-hetero) is 1. The van der Waals surface area contributed by atoms with Crippen LogP contribution in [0.15, 0.2) is 48.2 Å². The average molecular weight is 474 g/mol. The van der Waals surface area contributed by atoms with Gasteiger partial charge in [-0.05, 0) is 30.9 Å². The van der Waals surface area contributed by atoms with Crippen molar-refractivity contribution in [2.75, 3.05) is 11.0 Å². The maximum atomic E-state index is 12.7. The molecule has 0 fully saturated rings. The van der Waals surface area contributed by atoms with Crippen LogP contribution in [0.4, 0.5) is 5.82 Å². The van der Waals surface area contributed by atoms with E-state index in [-0.39, 0.29) is 29.0 Å². The highest BCUT2D eigenvalue weighted by atomic mass is 32.2. The SMILES string of the molecule is C[C@H]1C(=O)C(C#N)=C[C@@]2(C)c3nc(-c4ccnc5ccccc45)nc(NS(C)(=O)=O)c3CC[C@H]12. The quantitative estimate of drug-likeness (QED) is 0.616. The van der Waals surface area contributed by atoms with Gasteiger partial charge >= 0.3 is 0 Å². The molecule has 9 heteroatoms. The van der Waals surface area contributed by atoms with Crippen LogP contribution >= 0.6 is 0 Å². The minimum atomic E-state index is -3.61. The summed E-state index contributed by atoms with van der Waals surface area (Å²) < 4.78 is 27.0. The minimum Gasteiger partial charge on any atom is -0.293 e. The van der Waals surface area contributed by atoms with Crippen molar-refractivity contribution in [1.29, 1.82) is 5.26 Å². The van der Waals surface area contributed by atoms with Gasteiger partial charge in [-0.15, -0.1) is 0 Å². The van der Waals surface area contributed by atoms with Crippen molar-refractivity contribution >= 4 is 32.5 Å². The number of carbonyl (C=O) groups is 1. The number of fused-ring (bicyclic) bond motifs is 4. The zero-order valence-electron chi connectivity index (χ0n) is 19.0. The summed E-state index contributed by atoms with van der Waals surface area (Å²) in [4.78, 5) is 26.8. The summed E-state index contributed by atoms with van der Waals surface area (Å²) >= 11 is 0. The van der Waals surface area contributed by atoms with Crippen LogP contribution in [0.2, 0.25) is 0 Å². The molecule has 0 aliphatic heterocycles. The summed E-state index contributed by atoms with van der Waals surface area (Å²) in [6.45, 7) is 3.83. The zero-order chi connectivity index (χ0) is 24.3. The molecule has 0 radical (unpaired) electrons. The molecule has 2 heterocycles. The first-order valence-electron chi connectivity index (χ1n) is 11.0. The van der Waals surface area contributed by atoms with E-state index in [9.17, 15) is 18.5 Å². The van der Waals surface area contributed by atoms with Crippen LogP contribution in [0.3, 0.4) is 0 Å². The number of ketones is 1. The Labute approximate surface area is 197 Å². The molecule has 2 aromatic heterocycles. The predicted molar refractivity (Wildman–Crippen MR) is 128 cm³/mol. The second-order valence-electron chi connectivity index (χ2n) is 9.22. The third-order valence-electron chi connectivity index (χ3n) is 7.01. The lowest BCUT2D eigenvalue weighted by Gasteiger charge is -2.45. The maximum Gasteiger partial charge on any atom is 0.230 e. The fraction of sp³-hybridized carbons (Fsp3) is 0.320. The molecule has 5 rings (SSSR count). The number of aromatic nitrogens is 3. The molecular weight excluding hydrogens is 450 g/mol. The fourth-order valence-corrected chi connectivity index (χ4v) is 5.96. The highest BCUT2D eigenvalue weighted by Gasteiger charge is 2.49. The van der Waals surface area contributed by atoms with Crippen molar-refractivity contribution in [3.05, 3.63) is 59.4 Å². The molecule has 8 nitrogen and oxygen atoms in total. The van der Waals surface area contributed by atoms with Crippen molar-refractivity contribution in [2.45, 2.75) is 32.1 Å². The first-order valence-corrected chi connectivity index (χ1v) is 12.9. The molecule has 1 N–H and O–H groups in total. The van der Waals surface area contributed by atoms with Gasteiger partial charge < -0.3 is 0 Å². The summed E-state index contributed by atoms with van der Waals surface area (Å²) in [5, 5.41) is 10.5. The van der Waals surface area contributed by atoms with Crippen LogP contribution in [-0.2, 0) is 26.7 Å². The minimum absolute atomic E-state index is 0.0624. The van der Waals surface area contributed by atoms with Crippen molar-refractivity contribution < 1.29 is 13.2 Å². The number of para-hydroxylation sites is 1. The monoisotopic (exact) mass is 473 g/mol. The number of hydrogen-bond donors (Lipinski definition) is 1. The number of carbonyl (C=O) groups excluding carboxylic acids is 1. The zero-order valence-corrected chi connectivity index (χ0v) is 19.8. The van der Waals surface area contributed by atoms with E-state index in [0.29, 0.717) is 29.9 Å². The fourth-order valence-electron chi connectivity index (χ4n) is 5.44. The van der Waals surface area contributed by atoms with Crippen LogP contribution in [0, 0.1) is 23.2 Å². The van der Waals surface area contributed by atoms with Gasteiger partial charge in [0.1, 0.15) is 11.9 Å². The maximum absolute atomic E-state index is 12.7. The van der Waals surface area contributed by atoms with Gasteiger partial charge in [-0.25, -0.2) is 18.4 Å². The molecule has 0 amide bonds. The number of nitriles is 1. The molecule has 3 aromatic rings. The van der Waals surface area contributed by atoms with Crippen LogP contribution in [0.1, 0.15) is 31.5 Å². The molecule has 1 aromatic carbocycles. The molecule has 0 bridgehead atoms. The van der Waals surface area contributed by atoms with Gasteiger partial charge in [0.15, 0.2) is 11.6 Å². The van der Waals surface area contributed by atoms with E-state index in [4.69, 9.17) is 4.98 Å². The number of sulfonamides is 1. The summed E-state index contributed by atoms with van der Waals surface area (Å²) in [5.41, 5.74) is 2.23. The van der Waals surface area contributed by atoms with Gasteiger partial charge in [0.25, 0.3) is 0 Å². The van der Waals surface area contributed by atoms with Gasteiger partial charge in [0, 0.05) is 34.0 Å². The third-order valence-corrected chi connectivity index (χ3v) is 7.58. The van der Waals surface area contributed by atoms with E-state index >= 15 is 0 Å². The second-order valence-corrected chi connectivity index (χ2v) is 11.0. The Morgan fingerprint density at radius 1 is 1.21 bits per heavy atom. The van der Waals surface area contributed by atoms with Crippen LogP contribution in [0.5, 0.6) is 0 Å². The molecular formula is C25H23N5O3S. The first kappa shape index (κ1) is 22.2. The third kappa shape index (κ3) is 3.46. The topological polar surface area (TPSA) is 126 Å². The Hall–Kier alpha value is -3.64. The Bertz CT molecular complexity index is 1530. The number of rotatable bonds is 3. The van der Waals surface area contributed by atoms with Crippen molar-refractivity contribution in [1.82, 2.24) is 15.0 Å². The van der Waals surface area contributed by atoms with Crippen molar-refractivity contribution in [2.24, 2.45) is 11.8 Å². The number of nitrogens with one attached hydrogen (secondary N) is 1. The average Bonchev–Trinajstić information content (AvgIpc) is 2.80. The highest BCUT2D eigenvalue weighted by Crippen LogP contribution is 2.50. The van der Waals surface area contributed by atoms with Crippen LogP contribution in [-0.4, -0.2) is 35.4 Å². The van der Waals surface area contributed by atoms with Crippen molar-refractivity contribution in [3.63, 3.8) is 0 Å². The van der Waals surface area contributed by atoms with Crippen molar-refractivity contribution in [3.8, 4) is 17.5 Å². The largest absolute Gasteiger partial charge is 0.293 e. The molecule has 0 unspecified atom stereocenters. The van der Waals surface area contributed by atoms with Crippen LogP contribution in [0.25, 0.3) is 22.3 Å². The van der Waals surface area contributed by atoms with E-state index in [2.05, 4.69) is 14.7 Å².